The molecule has 0 saturated carbocycles. The molecule has 1 atom stereocenters. The number of rotatable bonds is 7. The van der Waals surface area contributed by atoms with Gasteiger partial charge in [0.2, 0.25) is 0 Å². The summed E-state index contributed by atoms with van der Waals surface area (Å²) in [7, 11) is 0. The molecule has 7 heteroatoms. The second-order valence-electron chi connectivity index (χ2n) is 7.22. The predicted molar refractivity (Wildman–Crippen MR) is 115 cm³/mol. The monoisotopic (exact) mass is 428 g/mol. The van der Waals surface area contributed by atoms with Gasteiger partial charge in [-0.25, -0.2) is 9.59 Å². The molecule has 3 rings (SSSR count). The van der Waals surface area contributed by atoms with Gasteiger partial charge in [0.15, 0.2) is 0 Å². The van der Waals surface area contributed by atoms with Crippen molar-refractivity contribution in [2.75, 3.05) is 6.61 Å². The summed E-state index contributed by atoms with van der Waals surface area (Å²) in [6, 6.07) is 13.8. The number of esters is 1. The highest BCUT2D eigenvalue weighted by atomic mass is 35.5. The molecular formula is C23H25ClN2O4. The standard InChI is InChI=1S/C23H25ClN2O4/c1-4-29-22(27)19-20(14(2)3)25-23(28)26-21(19)16-7-11-18(12-8-16)30-13-15-5-9-17(24)10-6-15/h5-12,14,21H,4,13H2,1-3H3,(H2,25,26,28). The molecule has 2 aromatic rings. The van der Waals surface area contributed by atoms with E-state index in [0.717, 1.165) is 11.1 Å². The molecule has 2 amide bonds. The van der Waals surface area contributed by atoms with Crippen molar-refractivity contribution in [1.29, 1.82) is 0 Å². The van der Waals surface area contributed by atoms with Gasteiger partial charge in [-0.2, -0.15) is 0 Å². The van der Waals surface area contributed by atoms with Gasteiger partial charge in [0.25, 0.3) is 0 Å². The van der Waals surface area contributed by atoms with E-state index in [2.05, 4.69) is 10.6 Å². The predicted octanol–water partition coefficient (Wildman–Crippen LogP) is 4.75. The highest BCUT2D eigenvalue weighted by Crippen LogP contribution is 2.31. The zero-order chi connectivity index (χ0) is 21.7. The van der Waals surface area contributed by atoms with Crippen molar-refractivity contribution in [2.24, 2.45) is 5.92 Å². The highest BCUT2D eigenvalue weighted by Gasteiger charge is 2.34. The average molecular weight is 429 g/mol. The van der Waals surface area contributed by atoms with E-state index in [9.17, 15) is 9.59 Å². The van der Waals surface area contributed by atoms with Crippen molar-refractivity contribution in [3.8, 4) is 5.75 Å². The number of allylic oxidation sites excluding steroid dienone is 1. The van der Waals surface area contributed by atoms with E-state index in [4.69, 9.17) is 21.1 Å². The summed E-state index contributed by atoms with van der Waals surface area (Å²) < 4.78 is 11.1. The number of amides is 2. The minimum atomic E-state index is -0.597. The Morgan fingerprint density at radius 3 is 2.37 bits per heavy atom. The Balaban J connectivity index is 1.81. The minimum absolute atomic E-state index is 0.0417. The fourth-order valence-corrected chi connectivity index (χ4v) is 3.36. The first-order valence-electron chi connectivity index (χ1n) is 9.85. The summed E-state index contributed by atoms with van der Waals surface area (Å²) in [4.78, 5) is 24.8. The van der Waals surface area contributed by atoms with Crippen LogP contribution in [0.2, 0.25) is 5.02 Å². The van der Waals surface area contributed by atoms with Crippen molar-refractivity contribution in [1.82, 2.24) is 10.6 Å². The topological polar surface area (TPSA) is 76.7 Å². The molecular weight excluding hydrogens is 404 g/mol. The quantitative estimate of drug-likeness (QED) is 0.624. The third-order valence-electron chi connectivity index (χ3n) is 4.71. The van der Waals surface area contributed by atoms with Crippen LogP contribution in [0.3, 0.4) is 0 Å². The van der Waals surface area contributed by atoms with Crippen molar-refractivity contribution >= 4 is 23.6 Å². The Labute approximate surface area is 181 Å². The molecule has 6 nitrogen and oxygen atoms in total. The second-order valence-corrected chi connectivity index (χ2v) is 7.65. The highest BCUT2D eigenvalue weighted by molar-refractivity contribution is 6.30. The molecule has 30 heavy (non-hydrogen) atoms. The maximum absolute atomic E-state index is 12.6. The first-order chi connectivity index (χ1) is 14.4. The van der Waals surface area contributed by atoms with Crippen LogP contribution < -0.4 is 15.4 Å². The van der Waals surface area contributed by atoms with Gasteiger partial charge in [0.1, 0.15) is 12.4 Å². The average Bonchev–Trinajstić information content (AvgIpc) is 2.73. The fraction of sp³-hybridized carbons (Fsp3) is 0.304. The summed E-state index contributed by atoms with van der Waals surface area (Å²) >= 11 is 5.90. The molecule has 0 fully saturated rings. The Bertz CT molecular complexity index is 937. The van der Waals surface area contributed by atoms with Crippen molar-refractivity contribution < 1.29 is 19.1 Å². The number of urea groups is 1. The summed E-state index contributed by atoms with van der Waals surface area (Å²) in [6.45, 7) is 6.26. The van der Waals surface area contributed by atoms with Crippen molar-refractivity contribution in [3.63, 3.8) is 0 Å². The molecule has 1 heterocycles. The third kappa shape index (κ3) is 5.13. The van der Waals surface area contributed by atoms with Gasteiger partial charge in [0.05, 0.1) is 18.2 Å². The van der Waals surface area contributed by atoms with E-state index in [1.165, 1.54) is 0 Å². The molecule has 0 aromatic heterocycles. The lowest BCUT2D eigenvalue weighted by molar-refractivity contribution is -0.139. The Morgan fingerprint density at radius 2 is 1.77 bits per heavy atom. The minimum Gasteiger partial charge on any atom is -0.489 e. The molecule has 1 aliphatic heterocycles. The molecule has 2 N–H and O–H groups in total. The van der Waals surface area contributed by atoms with Crippen LogP contribution >= 0.6 is 11.6 Å². The first kappa shape index (κ1) is 21.7. The van der Waals surface area contributed by atoms with Crippen LogP contribution in [0.5, 0.6) is 5.75 Å². The van der Waals surface area contributed by atoms with E-state index >= 15 is 0 Å². The molecule has 2 aromatic carbocycles. The maximum atomic E-state index is 12.6. The van der Waals surface area contributed by atoms with Crippen LogP contribution in [0.15, 0.2) is 59.8 Å². The summed E-state index contributed by atoms with van der Waals surface area (Å²) in [5.41, 5.74) is 2.76. The van der Waals surface area contributed by atoms with E-state index < -0.39 is 12.0 Å². The van der Waals surface area contributed by atoms with Gasteiger partial charge in [-0.15, -0.1) is 0 Å². The zero-order valence-corrected chi connectivity index (χ0v) is 18.0. The van der Waals surface area contributed by atoms with Crippen LogP contribution in [0.25, 0.3) is 0 Å². The summed E-state index contributed by atoms with van der Waals surface area (Å²) in [5.74, 6) is 0.196. The van der Waals surface area contributed by atoms with Gasteiger partial charge in [-0.05, 0) is 48.2 Å². The number of benzene rings is 2. The molecule has 0 bridgehead atoms. The molecule has 1 unspecified atom stereocenters. The number of ether oxygens (including phenoxy) is 2. The lowest BCUT2D eigenvalue weighted by Gasteiger charge is -2.31. The Morgan fingerprint density at radius 1 is 1.10 bits per heavy atom. The third-order valence-corrected chi connectivity index (χ3v) is 4.96. The zero-order valence-electron chi connectivity index (χ0n) is 17.2. The lowest BCUT2D eigenvalue weighted by Crippen LogP contribution is -2.47. The van der Waals surface area contributed by atoms with E-state index in [1.54, 1.807) is 6.92 Å². The van der Waals surface area contributed by atoms with Crippen LogP contribution in [0.1, 0.15) is 37.9 Å². The smallest absolute Gasteiger partial charge is 0.338 e. The SMILES string of the molecule is CCOC(=O)C1=C(C(C)C)NC(=O)NC1c1ccc(OCc2ccc(Cl)cc2)cc1. The second kappa shape index (κ2) is 9.67. The molecule has 0 saturated heterocycles. The maximum Gasteiger partial charge on any atom is 0.338 e. The molecule has 0 radical (unpaired) electrons. The molecule has 0 spiro atoms. The molecule has 0 aliphatic carbocycles. The van der Waals surface area contributed by atoms with Gasteiger partial charge < -0.3 is 20.1 Å². The number of carbonyl (C=O) groups is 2. The normalized spacial score (nSPS) is 16.2. The van der Waals surface area contributed by atoms with Crippen molar-refractivity contribution in [3.05, 3.63) is 76.0 Å². The Hall–Kier alpha value is -2.99. The van der Waals surface area contributed by atoms with E-state index in [1.807, 2.05) is 62.4 Å². The summed E-state index contributed by atoms with van der Waals surface area (Å²) in [5, 5.41) is 6.26. The number of hydrogen-bond donors (Lipinski definition) is 2. The van der Waals surface area contributed by atoms with Crippen LogP contribution in [-0.4, -0.2) is 18.6 Å². The van der Waals surface area contributed by atoms with Crippen LogP contribution in [-0.2, 0) is 16.1 Å². The molecule has 1 aliphatic rings. The number of hydrogen-bond acceptors (Lipinski definition) is 4. The van der Waals surface area contributed by atoms with Gasteiger partial charge in [-0.3, -0.25) is 0 Å². The lowest BCUT2D eigenvalue weighted by atomic mass is 9.91. The van der Waals surface area contributed by atoms with Gasteiger partial charge in [-0.1, -0.05) is 49.7 Å². The first-order valence-corrected chi connectivity index (χ1v) is 10.2. The van der Waals surface area contributed by atoms with Gasteiger partial charge in [0, 0.05) is 10.7 Å². The van der Waals surface area contributed by atoms with E-state index in [-0.39, 0.29) is 18.6 Å². The Kier molecular flexibility index (Phi) is 7.00. The fourth-order valence-electron chi connectivity index (χ4n) is 3.23. The van der Waals surface area contributed by atoms with Gasteiger partial charge >= 0.3 is 12.0 Å². The number of halogens is 1. The van der Waals surface area contributed by atoms with E-state index in [0.29, 0.717) is 28.6 Å². The molecule has 158 valence electrons. The van der Waals surface area contributed by atoms with Crippen molar-refractivity contribution in [2.45, 2.75) is 33.4 Å². The number of carbonyl (C=O) groups excluding carboxylic acids is 2. The summed E-state index contributed by atoms with van der Waals surface area (Å²) in [6.07, 6.45) is 0. The van der Waals surface area contributed by atoms with Crippen LogP contribution in [0.4, 0.5) is 4.79 Å². The largest absolute Gasteiger partial charge is 0.489 e. The van der Waals surface area contributed by atoms with Crippen LogP contribution in [0, 0.1) is 5.92 Å². The number of nitrogens with one attached hydrogen (secondary N) is 2.